The maximum atomic E-state index is 6.02. The standard InChI is InChI=1S/C29H37NO2/c1-23-14-15-24(2)28(20-23)32-18-9-17-29(3,4)22-30-26-12-8-13-27(21-26)31-19-16-25-10-6-5-7-11-25/h5-8,10-15,20-21,30H,9,16-19,22H2,1-4H3. The molecule has 0 atom stereocenters. The number of ether oxygens (including phenoxy) is 2. The molecule has 0 saturated heterocycles. The van der Waals surface area contributed by atoms with Gasteiger partial charge in [-0.15, -0.1) is 0 Å². The van der Waals surface area contributed by atoms with Gasteiger partial charge in [-0.25, -0.2) is 0 Å². The minimum absolute atomic E-state index is 0.176. The van der Waals surface area contributed by atoms with Crippen LogP contribution in [-0.4, -0.2) is 19.8 Å². The van der Waals surface area contributed by atoms with Crippen LogP contribution in [0.15, 0.2) is 72.8 Å². The van der Waals surface area contributed by atoms with E-state index in [1.54, 1.807) is 0 Å². The van der Waals surface area contributed by atoms with Gasteiger partial charge in [-0.3, -0.25) is 0 Å². The predicted molar refractivity (Wildman–Crippen MR) is 135 cm³/mol. The fourth-order valence-corrected chi connectivity index (χ4v) is 3.65. The fourth-order valence-electron chi connectivity index (χ4n) is 3.65. The first-order chi connectivity index (χ1) is 15.4. The molecule has 0 aliphatic heterocycles. The zero-order valence-electron chi connectivity index (χ0n) is 20.0. The average molecular weight is 432 g/mol. The van der Waals surface area contributed by atoms with Crippen LogP contribution in [0.1, 0.15) is 43.4 Å². The maximum Gasteiger partial charge on any atom is 0.122 e. The van der Waals surface area contributed by atoms with Crippen molar-refractivity contribution in [1.29, 1.82) is 0 Å². The average Bonchev–Trinajstić information content (AvgIpc) is 2.79. The van der Waals surface area contributed by atoms with Gasteiger partial charge in [0.15, 0.2) is 0 Å². The van der Waals surface area contributed by atoms with E-state index in [1.807, 2.05) is 18.2 Å². The van der Waals surface area contributed by atoms with E-state index in [4.69, 9.17) is 9.47 Å². The van der Waals surface area contributed by atoms with Gasteiger partial charge in [-0.2, -0.15) is 0 Å². The van der Waals surface area contributed by atoms with Gasteiger partial charge < -0.3 is 14.8 Å². The van der Waals surface area contributed by atoms with E-state index in [1.165, 1.54) is 16.7 Å². The van der Waals surface area contributed by atoms with Crippen LogP contribution in [0.25, 0.3) is 0 Å². The lowest BCUT2D eigenvalue weighted by Crippen LogP contribution is -2.23. The lowest BCUT2D eigenvalue weighted by molar-refractivity contribution is 0.263. The molecule has 3 heteroatoms. The quantitative estimate of drug-likeness (QED) is 0.307. The maximum absolute atomic E-state index is 6.02. The molecule has 0 aliphatic rings. The first-order valence-corrected chi connectivity index (χ1v) is 11.6. The third-order valence-corrected chi connectivity index (χ3v) is 5.71. The molecular formula is C29H37NO2. The monoisotopic (exact) mass is 431 g/mol. The summed E-state index contributed by atoms with van der Waals surface area (Å²) >= 11 is 0. The van der Waals surface area contributed by atoms with Crippen LogP contribution in [0, 0.1) is 19.3 Å². The van der Waals surface area contributed by atoms with Gasteiger partial charge in [0.1, 0.15) is 11.5 Å². The molecule has 0 amide bonds. The Hall–Kier alpha value is -2.94. The minimum Gasteiger partial charge on any atom is -0.493 e. The predicted octanol–water partition coefficient (Wildman–Crippen LogP) is 7.22. The Balaban J connectivity index is 1.39. The van der Waals surface area contributed by atoms with Gasteiger partial charge in [0.05, 0.1) is 13.2 Å². The molecule has 3 nitrogen and oxygen atoms in total. The highest BCUT2D eigenvalue weighted by Gasteiger charge is 2.17. The summed E-state index contributed by atoms with van der Waals surface area (Å²) in [6, 6.07) is 25.1. The Morgan fingerprint density at radius 1 is 0.812 bits per heavy atom. The van der Waals surface area contributed by atoms with Crippen LogP contribution in [0.3, 0.4) is 0 Å². The van der Waals surface area contributed by atoms with E-state index in [-0.39, 0.29) is 5.41 Å². The number of benzene rings is 3. The molecule has 3 rings (SSSR count). The summed E-state index contributed by atoms with van der Waals surface area (Å²) in [4.78, 5) is 0. The first-order valence-electron chi connectivity index (χ1n) is 11.6. The second kappa shape index (κ2) is 11.6. The third kappa shape index (κ3) is 7.96. The lowest BCUT2D eigenvalue weighted by atomic mass is 9.88. The Bertz CT molecular complexity index is 966. The smallest absolute Gasteiger partial charge is 0.122 e. The van der Waals surface area contributed by atoms with Crippen LogP contribution >= 0.6 is 0 Å². The van der Waals surface area contributed by atoms with Crippen molar-refractivity contribution in [3.8, 4) is 11.5 Å². The SMILES string of the molecule is Cc1ccc(C)c(OCCCC(C)(C)CNc2cccc(OCCc3ccccc3)c2)c1. The van der Waals surface area contributed by atoms with Gasteiger partial charge >= 0.3 is 0 Å². The van der Waals surface area contributed by atoms with Crippen LogP contribution in [0.2, 0.25) is 0 Å². The summed E-state index contributed by atoms with van der Waals surface area (Å²) in [6.45, 7) is 11.1. The van der Waals surface area contributed by atoms with Crippen molar-refractivity contribution in [2.24, 2.45) is 5.41 Å². The van der Waals surface area contributed by atoms with Crippen molar-refractivity contribution >= 4 is 5.69 Å². The minimum atomic E-state index is 0.176. The van der Waals surface area contributed by atoms with Gasteiger partial charge in [0, 0.05) is 24.7 Å². The topological polar surface area (TPSA) is 30.5 Å². The molecule has 0 fully saturated rings. The molecule has 0 heterocycles. The summed E-state index contributed by atoms with van der Waals surface area (Å²) in [5, 5.41) is 3.59. The molecule has 0 radical (unpaired) electrons. The van der Waals surface area contributed by atoms with Crippen LogP contribution in [0.5, 0.6) is 11.5 Å². The van der Waals surface area contributed by atoms with Crippen LogP contribution in [0.4, 0.5) is 5.69 Å². The normalized spacial score (nSPS) is 11.2. The lowest BCUT2D eigenvalue weighted by Gasteiger charge is -2.26. The molecule has 1 N–H and O–H groups in total. The third-order valence-electron chi connectivity index (χ3n) is 5.71. The highest BCUT2D eigenvalue weighted by Crippen LogP contribution is 2.26. The van der Waals surface area contributed by atoms with Crippen molar-refractivity contribution in [3.05, 3.63) is 89.5 Å². The zero-order chi connectivity index (χ0) is 22.8. The number of hydrogen-bond acceptors (Lipinski definition) is 3. The van der Waals surface area contributed by atoms with E-state index < -0.39 is 0 Å². The number of aryl methyl sites for hydroxylation is 2. The number of rotatable bonds is 12. The molecule has 3 aromatic carbocycles. The van der Waals surface area contributed by atoms with Crippen molar-refractivity contribution in [2.75, 3.05) is 25.1 Å². The number of anilines is 1. The Kier molecular flexibility index (Phi) is 8.61. The molecule has 0 spiro atoms. The summed E-state index contributed by atoms with van der Waals surface area (Å²) in [6.07, 6.45) is 3.04. The second-order valence-electron chi connectivity index (χ2n) is 9.35. The molecule has 3 aromatic rings. The highest BCUT2D eigenvalue weighted by atomic mass is 16.5. The summed E-state index contributed by atoms with van der Waals surface area (Å²) in [5.41, 5.74) is 5.01. The van der Waals surface area contributed by atoms with E-state index in [9.17, 15) is 0 Å². The molecule has 0 unspecified atom stereocenters. The molecule has 0 aliphatic carbocycles. The Morgan fingerprint density at radius 2 is 1.62 bits per heavy atom. The fraction of sp³-hybridized carbons (Fsp3) is 0.379. The number of nitrogens with one attached hydrogen (secondary N) is 1. The first kappa shape index (κ1) is 23.7. The van der Waals surface area contributed by atoms with Crippen molar-refractivity contribution in [2.45, 2.75) is 47.0 Å². The summed E-state index contributed by atoms with van der Waals surface area (Å²) in [7, 11) is 0. The highest BCUT2D eigenvalue weighted by molar-refractivity contribution is 5.48. The molecule has 32 heavy (non-hydrogen) atoms. The summed E-state index contributed by atoms with van der Waals surface area (Å²) < 4.78 is 12.0. The van der Waals surface area contributed by atoms with Gasteiger partial charge in [0.25, 0.3) is 0 Å². The molecule has 170 valence electrons. The Labute approximate surface area is 193 Å². The second-order valence-corrected chi connectivity index (χ2v) is 9.35. The van der Waals surface area contributed by atoms with Crippen molar-refractivity contribution in [3.63, 3.8) is 0 Å². The number of hydrogen-bond donors (Lipinski definition) is 1. The van der Waals surface area contributed by atoms with Crippen LogP contribution in [-0.2, 0) is 6.42 Å². The molecular weight excluding hydrogens is 394 g/mol. The van der Waals surface area contributed by atoms with E-state index >= 15 is 0 Å². The molecule has 0 saturated carbocycles. The van der Waals surface area contributed by atoms with Crippen molar-refractivity contribution < 1.29 is 9.47 Å². The van der Waals surface area contributed by atoms with E-state index in [0.717, 1.165) is 49.6 Å². The van der Waals surface area contributed by atoms with Gasteiger partial charge in [-0.05, 0) is 67.0 Å². The van der Waals surface area contributed by atoms with Crippen molar-refractivity contribution in [1.82, 2.24) is 0 Å². The molecule has 0 bridgehead atoms. The van der Waals surface area contributed by atoms with Crippen LogP contribution < -0.4 is 14.8 Å². The van der Waals surface area contributed by atoms with E-state index in [2.05, 4.69) is 87.6 Å². The van der Waals surface area contributed by atoms with Gasteiger partial charge in [-0.1, -0.05) is 62.4 Å². The molecule has 0 aromatic heterocycles. The zero-order valence-corrected chi connectivity index (χ0v) is 20.0. The summed E-state index contributed by atoms with van der Waals surface area (Å²) in [5.74, 6) is 1.91. The van der Waals surface area contributed by atoms with E-state index in [0.29, 0.717) is 6.61 Å². The van der Waals surface area contributed by atoms with Gasteiger partial charge in [0.2, 0.25) is 0 Å². The largest absolute Gasteiger partial charge is 0.493 e. The Morgan fingerprint density at radius 3 is 2.44 bits per heavy atom.